The molecule has 0 aliphatic heterocycles. The predicted molar refractivity (Wildman–Crippen MR) is 70.8 cm³/mol. The molecule has 0 saturated heterocycles. The number of hydrogen-bond acceptors (Lipinski definition) is 4. The maximum Gasteiger partial charge on any atom is 0.240 e. The van der Waals surface area contributed by atoms with Crippen molar-refractivity contribution >= 4 is 5.69 Å². The van der Waals surface area contributed by atoms with Gasteiger partial charge in [-0.25, -0.2) is 0 Å². The molecule has 0 spiro atoms. The number of hydrogen-bond donors (Lipinski definition) is 1. The number of benzene rings is 1. The second-order valence-electron chi connectivity index (χ2n) is 3.83. The van der Waals surface area contributed by atoms with E-state index in [2.05, 4.69) is 17.1 Å². The Morgan fingerprint density at radius 2 is 1.89 bits per heavy atom. The van der Waals surface area contributed by atoms with Crippen molar-refractivity contribution in [1.82, 2.24) is 4.98 Å². The van der Waals surface area contributed by atoms with E-state index >= 15 is 0 Å². The molecule has 0 fully saturated rings. The molecule has 2 N–H and O–H groups in total. The molecule has 0 aliphatic carbocycles. The fraction of sp³-hybridized carbons (Fsp3) is 0.214. The number of anilines is 1. The molecule has 4 nitrogen and oxygen atoms in total. The van der Waals surface area contributed by atoms with Crippen molar-refractivity contribution in [3.05, 3.63) is 48.0 Å². The number of ether oxygens (including phenoxy) is 2. The molecular weight excluding hydrogens is 228 g/mol. The lowest BCUT2D eigenvalue weighted by molar-refractivity contribution is 0.302. The van der Waals surface area contributed by atoms with Crippen LogP contribution in [0.4, 0.5) is 5.69 Å². The van der Waals surface area contributed by atoms with E-state index in [1.54, 1.807) is 12.1 Å². The van der Waals surface area contributed by atoms with Crippen molar-refractivity contribution in [2.75, 3.05) is 19.5 Å². The highest BCUT2D eigenvalue weighted by molar-refractivity contribution is 5.49. The first-order chi connectivity index (χ1) is 8.79. The third-order valence-electron chi connectivity index (χ3n) is 2.54. The Hall–Kier alpha value is -2.23. The Balaban J connectivity index is 1.91. The first-order valence-electron chi connectivity index (χ1n) is 5.77. The number of aromatic nitrogens is 1. The SMILES string of the molecule is COc1nc(OCCc2ccccc2)ccc1N. The molecule has 1 heterocycles. The lowest BCUT2D eigenvalue weighted by Crippen LogP contribution is -2.04. The largest absolute Gasteiger partial charge is 0.479 e. The Morgan fingerprint density at radius 3 is 2.61 bits per heavy atom. The van der Waals surface area contributed by atoms with Gasteiger partial charge in [-0.3, -0.25) is 0 Å². The highest BCUT2D eigenvalue weighted by Gasteiger charge is 2.03. The van der Waals surface area contributed by atoms with Gasteiger partial charge in [-0.15, -0.1) is 0 Å². The number of nitrogens with zero attached hydrogens (tertiary/aromatic N) is 1. The van der Waals surface area contributed by atoms with Crippen LogP contribution in [0.15, 0.2) is 42.5 Å². The van der Waals surface area contributed by atoms with Crippen molar-refractivity contribution < 1.29 is 9.47 Å². The van der Waals surface area contributed by atoms with Gasteiger partial charge in [0, 0.05) is 12.5 Å². The van der Waals surface area contributed by atoms with Crippen LogP contribution >= 0.6 is 0 Å². The minimum absolute atomic E-state index is 0.396. The molecule has 0 radical (unpaired) electrons. The summed E-state index contributed by atoms with van der Waals surface area (Å²) >= 11 is 0. The smallest absolute Gasteiger partial charge is 0.240 e. The van der Waals surface area contributed by atoms with Gasteiger partial charge in [0.05, 0.1) is 19.4 Å². The van der Waals surface area contributed by atoms with Gasteiger partial charge in [0.15, 0.2) is 0 Å². The van der Waals surface area contributed by atoms with Crippen LogP contribution in [-0.2, 0) is 6.42 Å². The van der Waals surface area contributed by atoms with Crippen molar-refractivity contribution in [2.45, 2.75) is 6.42 Å². The quantitative estimate of drug-likeness (QED) is 0.876. The Morgan fingerprint density at radius 1 is 1.11 bits per heavy atom. The summed E-state index contributed by atoms with van der Waals surface area (Å²) in [5, 5.41) is 0. The molecule has 4 heteroatoms. The van der Waals surface area contributed by atoms with Crippen LogP contribution in [0.3, 0.4) is 0 Å². The highest BCUT2D eigenvalue weighted by atomic mass is 16.5. The van der Waals surface area contributed by atoms with E-state index in [1.807, 2.05) is 18.2 Å². The van der Waals surface area contributed by atoms with Crippen LogP contribution in [0.5, 0.6) is 11.8 Å². The zero-order valence-electron chi connectivity index (χ0n) is 10.3. The summed E-state index contributed by atoms with van der Waals surface area (Å²) in [5.41, 5.74) is 7.42. The molecule has 1 aromatic heterocycles. The van der Waals surface area contributed by atoms with E-state index < -0.39 is 0 Å². The summed E-state index contributed by atoms with van der Waals surface area (Å²) < 4.78 is 10.6. The van der Waals surface area contributed by atoms with E-state index in [0.29, 0.717) is 24.1 Å². The molecule has 0 amide bonds. The average Bonchev–Trinajstić information content (AvgIpc) is 2.42. The monoisotopic (exact) mass is 244 g/mol. The number of nitrogen functional groups attached to an aromatic ring is 1. The van der Waals surface area contributed by atoms with Gasteiger partial charge in [-0.2, -0.15) is 4.98 Å². The predicted octanol–water partition coefficient (Wildman–Crippen LogP) is 2.29. The van der Waals surface area contributed by atoms with Crippen molar-refractivity contribution in [3.63, 3.8) is 0 Å². The summed E-state index contributed by atoms with van der Waals surface area (Å²) in [6.45, 7) is 0.573. The summed E-state index contributed by atoms with van der Waals surface area (Å²) in [7, 11) is 1.53. The molecular formula is C14H16N2O2. The number of methoxy groups -OCH3 is 1. The van der Waals surface area contributed by atoms with E-state index in [1.165, 1.54) is 12.7 Å². The van der Waals surface area contributed by atoms with Gasteiger partial charge >= 0.3 is 0 Å². The molecule has 0 saturated carbocycles. The van der Waals surface area contributed by atoms with Crippen LogP contribution in [0.1, 0.15) is 5.56 Å². The van der Waals surface area contributed by atoms with Gasteiger partial charge in [0.25, 0.3) is 0 Å². The lowest BCUT2D eigenvalue weighted by atomic mass is 10.2. The van der Waals surface area contributed by atoms with E-state index in [9.17, 15) is 0 Å². The highest BCUT2D eigenvalue weighted by Crippen LogP contribution is 2.21. The van der Waals surface area contributed by atoms with Gasteiger partial charge < -0.3 is 15.2 Å². The van der Waals surface area contributed by atoms with Gasteiger partial charge in [-0.05, 0) is 11.6 Å². The molecule has 0 unspecified atom stereocenters. The Bertz CT molecular complexity index is 500. The maximum atomic E-state index is 5.68. The first-order valence-corrected chi connectivity index (χ1v) is 5.77. The minimum atomic E-state index is 0.396. The summed E-state index contributed by atoms with van der Waals surface area (Å²) in [4.78, 5) is 4.15. The minimum Gasteiger partial charge on any atom is -0.479 e. The fourth-order valence-electron chi connectivity index (χ4n) is 1.60. The summed E-state index contributed by atoms with van der Waals surface area (Å²) in [6.07, 6.45) is 0.842. The van der Waals surface area contributed by atoms with Crippen LogP contribution < -0.4 is 15.2 Å². The zero-order valence-corrected chi connectivity index (χ0v) is 10.3. The van der Waals surface area contributed by atoms with Gasteiger partial charge in [-0.1, -0.05) is 30.3 Å². The third kappa shape index (κ3) is 3.13. The van der Waals surface area contributed by atoms with Gasteiger partial charge in [0.1, 0.15) is 0 Å². The topological polar surface area (TPSA) is 57.4 Å². The maximum absolute atomic E-state index is 5.68. The van der Waals surface area contributed by atoms with Crippen LogP contribution in [-0.4, -0.2) is 18.7 Å². The molecule has 2 aromatic rings. The van der Waals surface area contributed by atoms with E-state index in [-0.39, 0.29) is 0 Å². The lowest BCUT2D eigenvalue weighted by Gasteiger charge is -2.08. The zero-order chi connectivity index (χ0) is 12.8. The molecule has 0 aliphatic rings. The Labute approximate surface area is 106 Å². The first kappa shape index (κ1) is 12.2. The van der Waals surface area contributed by atoms with Crippen molar-refractivity contribution in [3.8, 4) is 11.8 Å². The number of pyridine rings is 1. The second kappa shape index (κ2) is 5.91. The van der Waals surface area contributed by atoms with Crippen molar-refractivity contribution in [2.24, 2.45) is 0 Å². The summed E-state index contributed by atoms with van der Waals surface area (Å²) in [5.74, 6) is 0.921. The van der Waals surface area contributed by atoms with Gasteiger partial charge in [0.2, 0.25) is 11.8 Å². The molecule has 94 valence electrons. The van der Waals surface area contributed by atoms with Crippen LogP contribution in [0.2, 0.25) is 0 Å². The second-order valence-corrected chi connectivity index (χ2v) is 3.83. The van der Waals surface area contributed by atoms with Crippen molar-refractivity contribution in [1.29, 1.82) is 0 Å². The number of nitrogens with two attached hydrogens (primary N) is 1. The molecule has 18 heavy (non-hydrogen) atoms. The molecule has 0 bridgehead atoms. The van der Waals surface area contributed by atoms with Crippen LogP contribution in [0, 0.1) is 0 Å². The van der Waals surface area contributed by atoms with E-state index in [4.69, 9.17) is 15.2 Å². The Kier molecular flexibility index (Phi) is 4.02. The van der Waals surface area contributed by atoms with E-state index in [0.717, 1.165) is 6.42 Å². The normalized spacial score (nSPS) is 10.1. The third-order valence-corrected chi connectivity index (χ3v) is 2.54. The number of rotatable bonds is 5. The molecule has 0 atom stereocenters. The summed E-state index contributed by atoms with van der Waals surface area (Å²) in [6, 6.07) is 13.6. The average molecular weight is 244 g/mol. The molecule has 2 rings (SSSR count). The van der Waals surface area contributed by atoms with Crippen LogP contribution in [0.25, 0.3) is 0 Å². The standard InChI is InChI=1S/C14H16N2O2/c1-17-14-12(15)7-8-13(16-14)18-10-9-11-5-3-2-4-6-11/h2-8H,9-10,15H2,1H3. The molecule has 1 aromatic carbocycles. The fourth-order valence-corrected chi connectivity index (χ4v) is 1.60.